The quantitative estimate of drug-likeness (QED) is 0.770. The van der Waals surface area contributed by atoms with Crippen molar-refractivity contribution in [3.8, 4) is 0 Å². The van der Waals surface area contributed by atoms with E-state index in [0.717, 1.165) is 12.8 Å². The Hall–Kier alpha value is -1.41. The number of esters is 1. The van der Waals surface area contributed by atoms with Crippen molar-refractivity contribution in [3.05, 3.63) is 11.9 Å². The third-order valence-electron chi connectivity index (χ3n) is 5.18. The van der Waals surface area contributed by atoms with Gasteiger partial charge in [-0.15, -0.1) is 0 Å². The van der Waals surface area contributed by atoms with Gasteiger partial charge in [-0.25, -0.2) is 8.42 Å². The Morgan fingerprint density at radius 2 is 1.83 bits per heavy atom. The summed E-state index contributed by atoms with van der Waals surface area (Å²) in [4.78, 5) is 11.9. The lowest BCUT2D eigenvalue weighted by molar-refractivity contribution is -0.146. The zero-order chi connectivity index (χ0) is 17.3. The number of hydrogen-bond donors (Lipinski definition) is 0. The molecule has 0 radical (unpaired) electrons. The van der Waals surface area contributed by atoms with Crippen molar-refractivity contribution in [3.63, 3.8) is 0 Å². The summed E-state index contributed by atoms with van der Waals surface area (Å²) in [5.41, 5.74) is 0.553. The van der Waals surface area contributed by atoms with Crippen molar-refractivity contribution in [2.75, 3.05) is 20.2 Å². The second kappa shape index (κ2) is 6.84. The van der Waals surface area contributed by atoms with E-state index in [-0.39, 0.29) is 11.9 Å². The monoisotopic (exact) mass is 355 g/mol. The fourth-order valence-corrected chi connectivity index (χ4v) is 5.34. The van der Waals surface area contributed by atoms with Crippen LogP contribution in [0.4, 0.5) is 0 Å². The van der Waals surface area contributed by atoms with Gasteiger partial charge in [0.05, 0.1) is 24.8 Å². The standard InChI is InChI=1S/C16H25N3O4S/c1-12-15(11-19(17-12)14-5-3-4-6-14)24(21,22)18-9-7-13(8-10-18)16(20)23-2/h11,13-14H,3-10H2,1-2H3. The molecular weight excluding hydrogens is 330 g/mol. The Bertz CT molecular complexity index is 699. The van der Waals surface area contributed by atoms with Crippen LogP contribution in [0.1, 0.15) is 50.3 Å². The third-order valence-corrected chi connectivity index (χ3v) is 7.18. The molecule has 0 N–H and O–H groups in total. The minimum absolute atomic E-state index is 0.205. The molecule has 1 aliphatic carbocycles. The predicted octanol–water partition coefficient (Wildman–Crippen LogP) is 1.88. The Balaban J connectivity index is 1.75. The minimum Gasteiger partial charge on any atom is -0.469 e. The molecule has 1 aromatic rings. The normalized spacial score (nSPS) is 21.2. The topological polar surface area (TPSA) is 81.5 Å². The van der Waals surface area contributed by atoms with Gasteiger partial charge in [-0.2, -0.15) is 9.40 Å². The SMILES string of the molecule is COC(=O)C1CCN(S(=O)(=O)c2cn(C3CCCC3)nc2C)CC1. The fraction of sp³-hybridized carbons (Fsp3) is 0.750. The highest BCUT2D eigenvalue weighted by Gasteiger charge is 2.34. The lowest BCUT2D eigenvalue weighted by Gasteiger charge is -2.29. The number of aromatic nitrogens is 2. The molecule has 0 atom stereocenters. The van der Waals surface area contributed by atoms with Crippen LogP contribution in [0, 0.1) is 12.8 Å². The van der Waals surface area contributed by atoms with Crippen molar-refractivity contribution in [2.24, 2.45) is 5.92 Å². The van der Waals surface area contributed by atoms with E-state index >= 15 is 0 Å². The van der Waals surface area contributed by atoms with Crippen molar-refractivity contribution < 1.29 is 17.9 Å². The van der Waals surface area contributed by atoms with Gasteiger partial charge in [0, 0.05) is 19.3 Å². The van der Waals surface area contributed by atoms with Gasteiger partial charge >= 0.3 is 5.97 Å². The van der Waals surface area contributed by atoms with Gasteiger partial charge < -0.3 is 4.74 Å². The van der Waals surface area contributed by atoms with E-state index in [4.69, 9.17) is 4.74 Å². The second-order valence-electron chi connectivity index (χ2n) is 6.70. The van der Waals surface area contributed by atoms with Crippen LogP contribution in [-0.4, -0.2) is 48.7 Å². The maximum atomic E-state index is 12.9. The predicted molar refractivity (Wildman–Crippen MR) is 88.0 cm³/mol. The largest absolute Gasteiger partial charge is 0.469 e. The summed E-state index contributed by atoms with van der Waals surface area (Å²) in [7, 11) is -2.19. The average molecular weight is 355 g/mol. The van der Waals surface area contributed by atoms with Crippen molar-refractivity contribution in [1.82, 2.24) is 14.1 Å². The van der Waals surface area contributed by atoms with Gasteiger partial charge in [0.2, 0.25) is 10.0 Å². The van der Waals surface area contributed by atoms with E-state index < -0.39 is 10.0 Å². The average Bonchev–Trinajstić information content (AvgIpc) is 3.23. The summed E-state index contributed by atoms with van der Waals surface area (Å²) in [5, 5.41) is 4.45. The summed E-state index contributed by atoms with van der Waals surface area (Å²) in [6.45, 7) is 2.44. The van der Waals surface area contributed by atoms with Gasteiger partial charge in [0.25, 0.3) is 0 Å². The van der Waals surface area contributed by atoms with E-state index in [9.17, 15) is 13.2 Å². The molecule has 1 saturated heterocycles. The van der Waals surface area contributed by atoms with Crippen LogP contribution in [0.15, 0.2) is 11.1 Å². The van der Waals surface area contributed by atoms with Gasteiger partial charge in [-0.3, -0.25) is 9.48 Å². The fourth-order valence-electron chi connectivity index (χ4n) is 3.71. The number of ether oxygens (including phenoxy) is 1. The Morgan fingerprint density at radius 1 is 1.21 bits per heavy atom. The summed E-state index contributed by atoms with van der Waals surface area (Å²) < 4.78 is 33.9. The molecule has 1 aromatic heterocycles. The molecule has 0 spiro atoms. The summed E-state index contributed by atoms with van der Waals surface area (Å²) >= 11 is 0. The van der Waals surface area contributed by atoms with E-state index in [1.807, 2.05) is 4.68 Å². The van der Waals surface area contributed by atoms with E-state index in [1.165, 1.54) is 24.3 Å². The van der Waals surface area contributed by atoms with E-state index in [2.05, 4.69) is 5.10 Å². The first-order valence-electron chi connectivity index (χ1n) is 8.57. The first-order chi connectivity index (χ1) is 11.4. The summed E-state index contributed by atoms with van der Waals surface area (Å²) in [5.74, 6) is -0.457. The van der Waals surface area contributed by atoms with Crippen LogP contribution >= 0.6 is 0 Å². The highest BCUT2D eigenvalue weighted by molar-refractivity contribution is 7.89. The molecule has 2 heterocycles. The smallest absolute Gasteiger partial charge is 0.308 e. The van der Waals surface area contributed by atoms with Crippen LogP contribution in [0.2, 0.25) is 0 Å². The Kier molecular flexibility index (Phi) is 4.96. The number of sulfonamides is 1. The maximum absolute atomic E-state index is 12.9. The molecule has 0 unspecified atom stereocenters. The molecule has 0 amide bonds. The number of methoxy groups -OCH3 is 1. The minimum atomic E-state index is -3.56. The maximum Gasteiger partial charge on any atom is 0.308 e. The van der Waals surface area contributed by atoms with Crippen molar-refractivity contribution >= 4 is 16.0 Å². The van der Waals surface area contributed by atoms with Crippen molar-refractivity contribution in [1.29, 1.82) is 0 Å². The molecule has 3 rings (SSSR count). The third kappa shape index (κ3) is 3.21. The number of rotatable bonds is 4. The van der Waals surface area contributed by atoms with Gasteiger partial charge in [-0.1, -0.05) is 12.8 Å². The zero-order valence-electron chi connectivity index (χ0n) is 14.3. The lowest BCUT2D eigenvalue weighted by Crippen LogP contribution is -2.40. The number of hydrogen-bond acceptors (Lipinski definition) is 5. The van der Waals surface area contributed by atoms with Crippen LogP contribution in [0.25, 0.3) is 0 Å². The number of carbonyl (C=O) groups is 1. The Morgan fingerprint density at radius 3 is 2.42 bits per heavy atom. The molecule has 2 aliphatic rings. The number of carbonyl (C=O) groups excluding carboxylic acids is 1. The molecule has 0 aromatic carbocycles. The molecule has 7 nitrogen and oxygen atoms in total. The van der Waals surface area contributed by atoms with Crippen LogP contribution in [0.5, 0.6) is 0 Å². The van der Waals surface area contributed by atoms with Gasteiger partial charge in [0.15, 0.2) is 0 Å². The molecule has 1 saturated carbocycles. The second-order valence-corrected chi connectivity index (χ2v) is 8.60. The molecule has 1 aliphatic heterocycles. The molecule has 2 fully saturated rings. The highest BCUT2D eigenvalue weighted by atomic mass is 32.2. The highest BCUT2D eigenvalue weighted by Crippen LogP contribution is 2.31. The summed E-state index contributed by atoms with van der Waals surface area (Å²) in [6.07, 6.45) is 7.16. The Labute approximate surface area is 143 Å². The number of aryl methyl sites for hydroxylation is 1. The van der Waals surface area contributed by atoms with Crippen LogP contribution in [0.3, 0.4) is 0 Å². The van der Waals surface area contributed by atoms with Gasteiger partial charge in [0.1, 0.15) is 4.90 Å². The molecular formula is C16H25N3O4S. The molecule has 134 valence electrons. The number of piperidine rings is 1. The van der Waals surface area contributed by atoms with E-state index in [1.54, 1.807) is 13.1 Å². The van der Waals surface area contributed by atoms with Crippen LogP contribution in [-0.2, 0) is 19.6 Å². The zero-order valence-corrected chi connectivity index (χ0v) is 15.1. The van der Waals surface area contributed by atoms with E-state index in [0.29, 0.717) is 42.6 Å². The van der Waals surface area contributed by atoms with Crippen LogP contribution < -0.4 is 0 Å². The first kappa shape index (κ1) is 17.4. The molecule has 8 heteroatoms. The molecule has 24 heavy (non-hydrogen) atoms. The number of nitrogens with zero attached hydrogens (tertiary/aromatic N) is 3. The van der Waals surface area contributed by atoms with Crippen molar-refractivity contribution in [2.45, 2.75) is 56.4 Å². The molecule has 0 bridgehead atoms. The van der Waals surface area contributed by atoms with Gasteiger partial charge in [-0.05, 0) is 32.6 Å². The lowest BCUT2D eigenvalue weighted by atomic mass is 9.99. The summed E-state index contributed by atoms with van der Waals surface area (Å²) in [6, 6.07) is 0.317. The first-order valence-corrected chi connectivity index (χ1v) is 10.0.